The van der Waals surface area contributed by atoms with Gasteiger partial charge < -0.3 is 4.90 Å². The highest BCUT2D eigenvalue weighted by atomic mass is 32.2. The van der Waals surface area contributed by atoms with Gasteiger partial charge >= 0.3 is 0 Å². The lowest BCUT2D eigenvalue weighted by molar-refractivity contribution is 0.751. The van der Waals surface area contributed by atoms with Crippen molar-refractivity contribution in [1.29, 1.82) is 5.26 Å². The van der Waals surface area contributed by atoms with E-state index in [4.69, 9.17) is 0 Å². The molecular weight excluding hydrogens is 434 g/mol. The van der Waals surface area contributed by atoms with Gasteiger partial charge in [0.25, 0.3) is 0 Å². The molecule has 0 N–H and O–H groups in total. The number of thioether (sulfide) groups is 1. The van der Waals surface area contributed by atoms with Gasteiger partial charge in [0.1, 0.15) is 11.8 Å². The van der Waals surface area contributed by atoms with Crippen molar-refractivity contribution in [2.45, 2.75) is 30.6 Å². The Balaban J connectivity index is 1.35. The predicted octanol–water partition coefficient (Wildman–Crippen LogP) is 7.08. The van der Waals surface area contributed by atoms with Crippen molar-refractivity contribution >= 4 is 28.7 Å². The van der Waals surface area contributed by atoms with Crippen LogP contribution >= 0.6 is 11.8 Å². The van der Waals surface area contributed by atoms with Gasteiger partial charge in [0.15, 0.2) is 0 Å². The number of benzene rings is 2. The van der Waals surface area contributed by atoms with Gasteiger partial charge in [-0.3, -0.25) is 4.99 Å². The highest BCUT2D eigenvalue weighted by molar-refractivity contribution is 8.04. The van der Waals surface area contributed by atoms with Gasteiger partial charge in [0.2, 0.25) is 0 Å². The average Bonchev–Trinajstić information content (AvgIpc) is 2.92. The van der Waals surface area contributed by atoms with Gasteiger partial charge in [-0.15, -0.1) is 11.8 Å². The summed E-state index contributed by atoms with van der Waals surface area (Å²) in [6.45, 7) is 0.701. The predicted molar refractivity (Wildman–Crippen MR) is 144 cm³/mol. The summed E-state index contributed by atoms with van der Waals surface area (Å²) >= 11 is 2.03. The van der Waals surface area contributed by atoms with Crippen molar-refractivity contribution in [1.82, 2.24) is 0 Å². The summed E-state index contributed by atoms with van der Waals surface area (Å²) in [7, 11) is 0. The maximum Gasteiger partial charge on any atom is 0.142 e. The van der Waals surface area contributed by atoms with Crippen LogP contribution in [0.3, 0.4) is 0 Å². The van der Waals surface area contributed by atoms with E-state index >= 15 is 0 Å². The third-order valence-corrected chi connectivity index (χ3v) is 8.16. The maximum atomic E-state index is 9.43. The third kappa shape index (κ3) is 3.77. The van der Waals surface area contributed by atoms with E-state index in [0.29, 0.717) is 23.5 Å². The van der Waals surface area contributed by atoms with Gasteiger partial charge in [0.05, 0.1) is 17.0 Å². The number of allylic oxidation sites excluding steroid dienone is 6. The maximum absolute atomic E-state index is 9.43. The molecule has 34 heavy (non-hydrogen) atoms. The zero-order valence-electron chi connectivity index (χ0n) is 18.9. The summed E-state index contributed by atoms with van der Waals surface area (Å²) < 4.78 is 0. The Morgan fingerprint density at radius 3 is 2.71 bits per heavy atom. The first kappa shape index (κ1) is 21.0. The molecule has 0 saturated carbocycles. The van der Waals surface area contributed by atoms with Gasteiger partial charge in [-0.25, -0.2) is 0 Å². The van der Waals surface area contributed by atoms with Crippen LogP contribution < -0.4 is 4.90 Å². The minimum atomic E-state index is 0.316. The molecule has 0 saturated heterocycles. The van der Waals surface area contributed by atoms with E-state index in [0.717, 1.165) is 30.4 Å². The largest absolute Gasteiger partial charge is 0.332 e. The summed E-state index contributed by atoms with van der Waals surface area (Å²) in [6.07, 6.45) is 18.9. The van der Waals surface area contributed by atoms with E-state index < -0.39 is 0 Å². The van der Waals surface area contributed by atoms with E-state index in [9.17, 15) is 5.26 Å². The second-order valence-electron chi connectivity index (χ2n) is 8.84. The fourth-order valence-corrected chi connectivity index (χ4v) is 6.48. The molecule has 2 heterocycles. The molecular formula is C30H25N3S. The molecule has 3 nitrogen and oxygen atoms in total. The van der Waals surface area contributed by atoms with Crippen LogP contribution in [0.2, 0.25) is 0 Å². The van der Waals surface area contributed by atoms with Crippen molar-refractivity contribution in [2.24, 2.45) is 4.99 Å². The molecule has 0 aromatic heterocycles. The lowest BCUT2D eigenvalue weighted by Gasteiger charge is -2.43. The molecule has 0 fully saturated rings. The highest BCUT2D eigenvalue weighted by Crippen LogP contribution is 2.45. The fourth-order valence-electron chi connectivity index (χ4n) is 5.11. The third-order valence-electron chi connectivity index (χ3n) is 6.75. The van der Waals surface area contributed by atoms with Crippen molar-refractivity contribution < 1.29 is 0 Å². The molecule has 0 bridgehead atoms. The number of aliphatic imine (C=N–C) groups is 1. The zero-order valence-corrected chi connectivity index (χ0v) is 19.7. The van der Waals surface area contributed by atoms with E-state index in [1.807, 2.05) is 11.8 Å². The summed E-state index contributed by atoms with van der Waals surface area (Å²) in [5, 5.41) is 9.87. The summed E-state index contributed by atoms with van der Waals surface area (Å²) in [5.74, 6) is 0. The fraction of sp³-hybridized carbons (Fsp3) is 0.200. The Morgan fingerprint density at radius 1 is 0.971 bits per heavy atom. The summed E-state index contributed by atoms with van der Waals surface area (Å²) in [6, 6.07) is 20.0. The molecule has 0 spiro atoms. The van der Waals surface area contributed by atoms with Crippen LogP contribution in [0.15, 0.2) is 107 Å². The molecule has 2 atom stereocenters. The molecule has 6 rings (SSSR count). The number of hydrogen-bond donors (Lipinski definition) is 0. The van der Waals surface area contributed by atoms with Crippen LogP contribution in [0, 0.1) is 11.3 Å². The van der Waals surface area contributed by atoms with Crippen molar-refractivity contribution in [3.8, 4) is 17.2 Å². The Labute approximate surface area is 205 Å². The zero-order chi connectivity index (χ0) is 22.9. The Morgan fingerprint density at radius 2 is 1.82 bits per heavy atom. The molecule has 4 aliphatic rings. The van der Waals surface area contributed by atoms with Crippen LogP contribution in [-0.2, 0) is 0 Å². The molecule has 4 heteroatoms. The molecule has 2 unspecified atom stereocenters. The van der Waals surface area contributed by atoms with E-state index in [1.54, 1.807) is 0 Å². The molecule has 2 aliphatic heterocycles. The molecule has 0 amide bonds. The summed E-state index contributed by atoms with van der Waals surface area (Å²) in [5.41, 5.74) is 7.49. The molecule has 166 valence electrons. The van der Waals surface area contributed by atoms with E-state index in [-0.39, 0.29) is 0 Å². The number of hydrogen-bond acceptors (Lipinski definition) is 4. The second kappa shape index (κ2) is 9.00. The first-order chi connectivity index (χ1) is 16.8. The van der Waals surface area contributed by atoms with Gasteiger partial charge in [-0.05, 0) is 54.2 Å². The van der Waals surface area contributed by atoms with Crippen LogP contribution in [0.4, 0.5) is 5.69 Å². The normalized spacial score (nSPS) is 23.1. The standard InChI is InChI=1S/C30H25N3S/c31-20-26-25(9-6-18-32-26)22-16-14-21(15-17-22)23-7-5-8-24(19-23)33-27-10-1-3-12-29(27)34-30-13-4-2-11-28(30)33/h1-3,5,7-12,14-17,19,27,29H,4,6,13,18H2. The number of dihydropyridines is 1. The molecule has 2 aliphatic carbocycles. The number of nitriles is 1. The van der Waals surface area contributed by atoms with Crippen molar-refractivity contribution in [2.75, 3.05) is 11.4 Å². The lowest BCUT2D eigenvalue weighted by atomic mass is 9.95. The van der Waals surface area contributed by atoms with Crippen LogP contribution in [0.1, 0.15) is 24.8 Å². The summed E-state index contributed by atoms with van der Waals surface area (Å²) in [4.78, 5) is 8.39. The molecule has 2 aromatic rings. The SMILES string of the molecule is N#CC1=NCCC=C1c1ccc(-c2cccc(N3C4=C(CCC=C4)SC4C=CC=CC43)c2)cc1. The number of anilines is 1. The van der Waals surface area contributed by atoms with E-state index in [2.05, 4.69) is 107 Å². The van der Waals surface area contributed by atoms with Crippen molar-refractivity contribution in [3.05, 3.63) is 107 Å². The Hall–Kier alpha value is -3.55. The monoisotopic (exact) mass is 459 g/mol. The molecule has 2 aromatic carbocycles. The topological polar surface area (TPSA) is 39.4 Å². The minimum absolute atomic E-state index is 0.316. The van der Waals surface area contributed by atoms with Gasteiger partial charge in [-0.1, -0.05) is 72.9 Å². The van der Waals surface area contributed by atoms with Gasteiger partial charge in [-0.2, -0.15) is 5.26 Å². The highest BCUT2D eigenvalue weighted by Gasteiger charge is 2.35. The quantitative estimate of drug-likeness (QED) is 0.492. The van der Waals surface area contributed by atoms with Crippen LogP contribution in [-0.4, -0.2) is 23.5 Å². The van der Waals surface area contributed by atoms with Gasteiger partial charge in [0, 0.05) is 22.7 Å². The first-order valence-electron chi connectivity index (χ1n) is 11.9. The number of fused-ring (bicyclic) bond motifs is 1. The van der Waals surface area contributed by atoms with E-state index in [1.165, 1.54) is 27.4 Å². The first-order valence-corrected chi connectivity index (χ1v) is 12.8. The smallest absolute Gasteiger partial charge is 0.142 e. The van der Waals surface area contributed by atoms with Crippen molar-refractivity contribution in [3.63, 3.8) is 0 Å². The minimum Gasteiger partial charge on any atom is -0.332 e. The Kier molecular flexibility index (Phi) is 5.57. The lowest BCUT2D eigenvalue weighted by Crippen LogP contribution is -2.44. The number of rotatable bonds is 3. The molecule has 0 radical (unpaired) electrons. The second-order valence-corrected chi connectivity index (χ2v) is 10.1. The number of nitrogens with zero attached hydrogens (tertiary/aromatic N) is 3. The van der Waals surface area contributed by atoms with Crippen LogP contribution in [0.5, 0.6) is 0 Å². The van der Waals surface area contributed by atoms with Crippen LogP contribution in [0.25, 0.3) is 16.7 Å². The Bertz CT molecular complexity index is 1350. The average molecular weight is 460 g/mol.